The van der Waals surface area contributed by atoms with E-state index < -0.39 is 5.97 Å². The maximum absolute atomic E-state index is 12.2. The van der Waals surface area contributed by atoms with Crippen LogP contribution in [0.1, 0.15) is 46.9 Å². The lowest BCUT2D eigenvalue weighted by Gasteiger charge is -2.25. The minimum Gasteiger partial charge on any atom is -0.493 e. The van der Waals surface area contributed by atoms with E-state index in [1.165, 1.54) is 19.6 Å². The lowest BCUT2D eigenvalue weighted by atomic mass is 9.86. The lowest BCUT2D eigenvalue weighted by molar-refractivity contribution is 0.0600. The van der Waals surface area contributed by atoms with E-state index in [0.717, 1.165) is 12.8 Å². The molecule has 0 aliphatic heterocycles. The molecule has 1 aromatic rings. The van der Waals surface area contributed by atoms with Crippen LogP contribution in [-0.2, 0) is 4.74 Å². The molecule has 2 rings (SSSR count). The van der Waals surface area contributed by atoms with Crippen molar-refractivity contribution in [1.29, 1.82) is 0 Å². The molecule has 0 unspecified atom stereocenters. The van der Waals surface area contributed by atoms with E-state index in [9.17, 15) is 9.59 Å². The number of amides is 1. The highest BCUT2D eigenvalue weighted by molar-refractivity contribution is 5.98. The molecule has 6 heteroatoms. The summed E-state index contributed by atoms with van der Waals surface area (Å²) in [5.74, 6) is 0.124. The van der Waals surface area contributed by atoms with Crippen LogP contribution in [0.3, 0.4) is 0 Å². The number of carbonyl (C=O) groups is 2. The highest BCUT2D eigenvalue weighted by Gasteiger charge is 2.19. The zero-order chi connectivity index (χ0) is 16.8. The molecule has 2 N–H and O–H groups in total. The summed E-state index contributed by atoms with van der Waals surface area (Å²) < 4.78 is 10.5. The van der Waals surface area contributed by atoms with Gasteiger partial charge in [0.2, 0.25) is 0 Å². The number of esters is 1. The molecular formula is C17H23NO5. The van der Waals surface area contributed by atoms with Crippen LogP contribution >= 0.6 is 0 Å². The number of benzene rings is 1. The molecule has 126 valence electrons. The topological polar surface area (TPSA) is 84.9 Å². The van der Waals surface area contributed by atoms with E-state index in [1.54, 1.807) is 19.1 Å². The summed E-state index contributed by atoms with van der Waals surface area (Å²) in [6, 6.07) is 4.27. The smallest absolute Gasteiger partial charge is 0.338 e. The third-order valence-corrected chi connectivity index (χ3v) is 3.95. The second-order valence-corrected chi connectivity index (χ2v) is 5.90. The first kappa shape index (κ1) is 17.3. The summed E-state index contributed by atoms with van der Waals surface area (Å²) in [7, 11) is 1.29. The Morgan fingerprint density at radius 1 is 1.30 bits per heavy atom. The highest BCUT2D eigenvalue weighted by atomic mass is 16.5. The van der Waals surface area contributed by atoms with E-state index in [2.05, 4.69) is 5.32 Å². The zero-order valence-corrected chi connectivity index (χ0v) is 13.5. The predicted octanol–water partition coefficient (Wildman–Crippen LogP) is 1.76. The Hall–Kier alpha value is -2.08. The van der Waals surface area contributed by atoms with Crippen LogP contribution in [0.25, 0.3) is 0 Å². The fourth-order valence-electron chi connectivity index (χ4n) is 2.28. The first-order valence-electron chi connectivity index (χ1n) is 7.81. The van der Waals surface area contributed by atoms with Gasteiger partial charge in [-0.05, 0) is 43.9 Å². The van der Waals surface area contributed by atoms with Crippen LogP contribution in [0.15, 0.2) is 18.2 Å². The molecule has 0 bridgehead atoms. The van der Waals surface area contributed by atoms with E-state index in [1.807, 2.05) is 0 Å². The Labute approximate surface area is 135 Å². The number of carbonyl (C=O) groups excluding carboxylic acids is 2. The lowest BCUT2D eigenvalue weighted by Crippen LogP contribution is -2.35. The second kappa shape index (κ2) is 7.97. The number of nitrogens with one attached hydrogen (secondary N) is 1. The van der Waals surface area contributed by atoms with Gasteiger partial charge in [0.25, 0.3) is 5.91 Å². The molecule has 1 amide bonds. The number of hydrogen-bond donors (Lipinski definition) is 2. The summed E-state index contributed by atoms with van der Waals surface area (Å²) >= 11 is 0. The van der Waals surface area contributed by atoms with Crippen molar-refractivity contribution in [3.05, 3.63) is 29.3 Å². The number of aliphatic hydroxyl groups excluding tert-OH is 1. The number of aliphatic hydroxyl groups is 1. The first-order valence-corrected chi connectivity index (χ1v) is 7.81. The van der Waals surface area contributed by atoms with Gasteiger partial charge in [0.15, 0.2) is 0 Å². The minimum atomic E-state index is -0.525. The first-order chi connectivity index (χ1) is 11.0. The van der Waals surface area contributed by atoms with Crippen molar-refractivity contribution < 1.29 is 24.2 Å². The van der Waals surface area contributed by atoms with Gasteiger partial charge in [0.1, 0.15) is 5.75 Å². The van der Waals surface area contributed by atoms with Gasteiger partial charge in [-0.2, -0.15) is 0 Å². The standard InChI is InChI=1S/C17H23NO5/c1-11(9-19)18-16(20)13-6-14(17(21)22-2)8-15(7-13)23-10-12-4-3-5-12/h6-8,11-12,19H,3-5,9-10H2,1-2H3,(H,18,20)/t11-/m0/s1. The molecular weight excluding hydrogens is 298 g/mol. The van der Waals surface area contributed by atoms with Crippen molar-refractivity contribution in [1.82, 2.24) is 5.32 Å². The Kier molecular flexibility index (Phi) is 5.98. The van der Waals surface area contributed by atoms with Crippen LogP contribution in [-0.4, -0.2) is 43.3 Å². The molecule has 1 aromatic carbocycles. The monoisotopic (exact) mass is 321 g/mol. The van der Waals surface area contributed by atoms with Gasteiger partial charge in [-0.15, -0.1) is 0 Å². The van der Waals surface area contributed by atoms with Gasteiger partial charge >= 0.3 is 5.97 Å². The highest BCUT2D eigenvalue weighted by Crippen LogP contribution is 2.27. The molecule has 1 fully saturated rings. The van der Waals surface area contributed by atoms with Gasteiger partial charge in [0.05, 0.1) is 25.9 Å². The summed E-state index contributed by atoms with van der Waals surface area (Å²) in [4.78, 5) is 24.0. The van der Waals surface area contributed by atoms with Crippen molar-refractivity contribution in [3.63, 3.8) is 0 Å². The van der Waals surface area contributed by atoms with Crippen molar-refractivity contribution in [2.24, 2.45) is 5.92 Å². The van der Waals surface area contributed by atoms with Crippen molar-refractivity contribution >= 4 is 11.9 Å². The van der Waals surface area contributed by atoms with Crippen LogP contribution in [0.5, 0.6) is 5.75 Å². The van der Waals surface area contributed by atoms with Crippen molar-refractivity contribution in [3.8, 4) is 5.75 Å². The summed E-state index contributed by atoms with van der Waals surface area (Å²) in [6.07, 6.45) is 3.53. The van der Waals surface area contributed by atoms with Crippen LogP contribution in [0, 0.1) is 5.92 Å². The maximum atomic E-state index is 12.2. The fraction of sp³-hybridized carbons (Fsp3) is 0.529. The number of hydrogen-bond acceptors (Lipinski definition) is 5. The van der Waals surface area contributed by atoms with Gasteiger partial charge in [-0.3, -0.25) is 4.79 Å². The molecule has 6 nitrogen and oxygen atoms in total. The quantitative estimate of drug-likeness (QED) is 0.748. The minimum absolute atomic E-state index is 0.159. The molecule has 23 heavy (non-hydrogen) atoms. The second-order valence-electron chi connectivity index (χ2n) is 5.90. The third-order valence-electron chi connectivity index (χ3n) is 3.95. The molecule has 1 saturated carbocycles. The Balaban J connectivity index is 2.17. The number of methoxy groups -OCH3 is 1. The van der Waals surface area contributed by atoms with E-state index in [-0.39, 0.29) is 24.1 Å². The molecule has 1 aliphatic rings. The van der Waals surface area contributed by atoms with E-state index in [0.29, 0.717) is 23.8 Å². The van der Waals surface area contributed by atoms with Gasteiger partial charge in [0, 0.05) is 11.6 Å². The van der Waals surface area contributed by atoms with Gasteiger partial charge in [-0.25, -0.2) is 4.79 Å². The number of rotatable bonds is 7. The van der Waals surface area contributed by atoms with Crippen LogP contribution in [0.4, 0.5) is 0 Å². The Morgan fingerprint density at radius 2 is 2.00 bits per heavy atom. The summed E-state index contributed by atoms with van der Waals surface area (Å²) in [5, 5.41) is 11.7. The molecule has 1 atom stereocenters. The molecule has 0 spiro atoms. The Bertz CT molecular complexity index is 568. The van der Waals surface area contributed by atoms with E-state index in [4.69, 9.17) is 14.6 Å². The SMILES string of the molecule is COC(=O)c1cc(OCC2CCC2)cc(C(=O)N[C@@H](C)CO)c1. The summed E-state index contributed by atoms with van der Waals surface area (Å²) in [5.41, 5.74) is 0.567. The molecule has 0 aromatic heterocycles. The average Bonchev–Trinajstić information content (AvgIpc) is 2.52. The largest absolute Gasteiger partial charge is 0.493 e. The fourth-order valence-corrected chi connectivity index (χ4v) is 2.28. The number of ether oxygens (including phenoxy) is 2. The maximum Gasteiger partial charge on any atom is 0.338 e. The van der Waals surface area contributed by atoms with Gasteiger partial charge in [-0.1, -0.05) is 6.42 Å². The Morgan fingerprint density at radius 3 is 2.57 bits per heavy atom. The summed E-state index contributed by atoms with van der Waals surface area (Å²) in [6.45, 7) is 2.11. The normalized spacial score (nSPS) is 15.4. The zero-order valence-electron chi connectivity index (χ0n) is 13.5. The van der Waals surface area contributed by atoms with Crippen molar-refractivity contribution in [2.45, 2.75) is 32.2 Å². The molecule has 1 aliphatic carbocycles. The molecule has 0 radical (unpaired) electrons. The molecule has 0 heterocycles. The van der Waals surface area contributed by atoms with Crippen LogP contribution in [0.2, 0.25) is 0 Å². The van der Waals surface area contributed by atoms with Gasteiger partial charge < -0.3 is 19.9 Å². The van der Waals surface area contributed by atoms with Crippen LogP contribution < -0.4 is 10.1 Å². The molecule has 0 saturated heterocycles. The van der Waals surface area contributed by atoms with E-state index >= 15 is 0 Å². The third kappa shape index (κ3) is 4.69. The average molecular weight is 321 g/mol. The van der Waals surface area contributed by atoms with Crippen molar-refractivity contribution in [2.75, 3.05) is 20.3 Å². The predicted molar refractivity (Wildman–Crippen MR) is 84.6 cm³/mol.